The van der Waals surface area contributed by atoms with E-state index in [2.05, 4.69) is 16.9 Å². The SMILES string of the molecule is CC1CCCC/C1=N\NS(=O)(=O)c1ccc(Cl)cc1. The number of rotatable bonds is 3. The molecule has 2 rings (SSSR count). The normalized spacial score (nSPS) is 22.4. The van der Waals surface area contributed by atoms with E-state index in [4.69, 9.17) is 11.6 Å². The first kappa shape index (κ1) is 14.3. The molecule has 1 aliphatic rings. The van der Waals surface area contributed by atoms with Crippen molar-refractivity contribution in [2.24, 2.45) is 11.0 Å². The van der Waals surface area contributed by atoms with Gasteiger partial charge >= 0.3 is 0 Å². The molecule has 1 fully saturated rings. The lowest BCUT2D eigenvalue weighted by molar-refractivity contribution is 0.552. The average Bonchev–Trinajstić information content (AvgIpc) is 2.38. The third-order valence-corrected chi connectivity index (χ3v) is 4.80. The van der Waals surface area contributed by atoms with E-state index in [1.807, 2.05) is 0 Å². The fourth-order valence-electron chi connectivity index (χ4n) is 2.12. The Morgan fingerprint density at radius 1 is 1.26 bits per heavy atom. The summed E-state index contributed by atoms with van der Waals surface area (Å²) in [6.45, 7) is 2.08. The molecular formula is C13H17ClN2O2S. The van der Waals surface area contributed by atoms with Crippen molar-refractivity contribution in [3.8, 4) is 0 Å². The van der Waals surface area contributed by atoms with E-state index in [0.29, 0.717) is 10.9 Å². The molecule has 1 aliphatic carbocycles. The Kier molecular flexibility index (Phi) is 4.47. The van der Waals surface area contributed by atoms with Gasteiger partial charge in [0.25, 0.3) is 10.0 Å². The van der Waals surface area contributed by atoms with Crippen LogP contribution in [0, 0.1) is 5.92 Å². The molecule has 1 atom stereocenters. The summed E-state index contributed by atoms with van der Waals surface area (Å²) < 4.78 is 24.1. The third kappa shape index (κ3) is 3.70. The van der Waals surface area contributed by atoms with E-state index in [1.165, 1.54) is 18.6 Å². The van der Waals surface area contributed by atoms with Gasteiger partial charge in [-0.2, -0.15) is 13.5 Å². The molecule has 0 spiro atoms. The van der Waals surface area contributed by atoms with Crippen LogP contribution in [0.2, 0.25) is 5.02 Å². The van der Waals surface area contributed by atoms with E-state index in [-0.39, 0.29) is 4.90 Å². The number of halogens is 1. The highest BCUT2D eigenvalue weighted by Crippen LogP contribution is 2.21. The molecule has 19 heavy (non-hydrogen) atoms. The Balaban J connectivity index is 2.13. The minimum Gasteiger partial charge on any atom is -0.200 e. The van der Waals surface area contributed by atoms with Gasteiger partial charge in [0, 0.05) is 10.7 Å². The van der Waals surface area contributed by atoms with E-state index in [1.54, 1.807) is 12.1 Å². The second-order valence-corrected chi connectivity index (χ2v) is 6.90. The van der Waals surface area contributed by atoms with Crippen LogP contribution >= 0.6 is 11.6 Å². The summed E-state index contributed by atoms with van der Waals surface area (Å²) in [5.41, 5.74) is 0.934. The highest BCUT2D eigenvalue weighted by Gasteiger charge is 2.18. The first-order chi connectivity index (χ1) is 8.99. The van der Waals surface area contributed by atoms with Crippen LogP contribution in [0.5, 0.6) is 0 Å². The van der Waals surface area contributed by atoms with Crippen LogP contribution in [0.1, 0.15) is 32.6 Å². The van der Waals surface area contributed by atoms with E-state index >= 15 is 0 Å². The van der Waals surface area contributed by atoms with Crippen molar-refractivity contribution < 1.29 is 8.42 Å². The van der Waals surface area contributed by atoms with Gasteiger partial charge in [-0.1, -0.05) is 24.9 Å². The lowest BCUT2D eigenvalue weighted by Crippen LogP contribution is -2.24. The zero-order chi connectivity index (χ0) is 13.9. The molecule has 0 saturated heterocycles. The fourth-order valence-corrected chi connectivity index (χ4v) is 3.08. The molecule has 0 aliphatic heterocycles. The monoisotopic (exact) mass is 300 g/mol. The molecule has 1 aromatic rings. The Hall–Kier alpha value is -1.07. The molecule has 0 aromatic heterocycles. The molecule has 0 amide bonds. The van der Waals surface area contributed by atoms with Crippen LogP contribution in [-0.2, 0) is 10.0 Å². The van der Waals surface area contributed by atoms with E-state index in [0.717, 1.165) is 25.0 Å². The largest absolute Gasteiger partial charge is 0.276 e. The molecule has 0 heterocycles. The van der Waals surface area contributed by atoms with Gasteiger partial charge in [0.15, 0.2) is 0 Å². The highest BCUT2D eigenvalue weighted by atomic mass is 35.5. The van der Waals surface area contributed by atoms with Gasteiger partial charge in [0.05, 0.1) is 4.90 Å². The summed E-state index contributed by atoms with van der Waals surface area (Å²) >= 11 is 5.74. The first-order valence-corrected chi connectivity index (χ1v) is 8.19. The second-order valence-electron chi connectivity index (χ2n) is 4.80. The van der Waals surface area contributed by atoms with Crippen LogP contribution in [-0.4, -0.2) is 14.1 Å². The van der Waals surface area contributed by atoms with Gasteiger partial charge in [-0.05, 0) is 49.4 Å². The second kappa shape index (κ2) is 5.92. The van der Waals surface area contributed by atoms with Crippen molar-refractivity contribution in [1.82, 2.24) is 4.83 Å². The number of hydrogen-bond acceptors (Lipinski definition) is 3. The van der Waals surface area contributed by atoms with Crippen LogP contribution in [0.3, 0.4) is 0 Å². The maximum Gasteiger partial charge on any atom is 0.276 e. The average molecular weight is 301 g/mol. The maximum absolute atomic E-state index is 12.0. The number of nitrogens with zero attached hydrogens (tertiary/aromatic N) is 1. The summed E-state index contributed by atoms with van der Waals surface area (Å²) in [6, 6.07) is 6.03. The van der Waals surface area contributed by atoms with E-state index < -0.39 is 10.0 Å². The maximum atomic E-state index is 12.0. The van der Waals surface area contributed by atoms with Crippen molar-refractivity contribution in [1.29, 1.82) is 0 Å². The van der Waals surface area contributed by atoms with Gasteiger partial charge in [-0.3, -0.25) is 0 Å². The Morgan fingerprint density at radius 2 is 1.95 bits per heavy atom. The van der Waals surface area contributed by atoms with Crippen LogP contribution in [0.25, 0.3) is 0 Å². The molecule has 0 radical (unpaired) electrons. The molecule has 1 unspecified atom stereocenters. The van der Waals surface area contributed by atoms with Gasteiger partial charge in [0.1, 0.15) is 0 Å². The molecule has 1 N–H and O–H groups in total. The van der Waals surface area contributed by atoms with Crippen molar-refractivity contribution in [2.75, 3.05) is 0 Å². The Bertz CT molecular complexity index is 567. The Labute approximate surface area is 118 Å². The molecule has 104 valence electrons. The number of nitrogens with one attached hydrogen (secondary N) is 1. The van der Waals surface area contributed by atoms with Gasteiger partial charge in [-0.15, -0.1) is 0 Å². The summed E-state index contributed by atoms with van der Waals surface area (Å²) in [7, 11) is -3.60. The topological polar surface area (TPSA) is 58.5 Å². The predicted molar refractivity (Wildman–Crippen MR) is 76.8 cm³/mol. The summed E-state index contributed by atoms with van der Waals surface area (Å²) in [5, 5.41) is 4.59. The van der Waals surface area contributed by atoms with E-state index in [9.17, 15) is 8.42 Å². The molecule has 6 heteroatoms. The lowest BCUT2D eigenvalue weighted by atomic mass is 9.89. The number of hydrazone groups is 1. The summed E-state index contributed by atoms with van der Waals surface area (Å²) in [4.78, 5) is 2.48. The van der Waals surface area contributed by atoms with Crippen LogP contribution in [0.15, 0.2) is 34.3 Å². The minimum absolute atomic E-state index is 0.171. The summed E-state index contributed by atoms with van der Waals surface area (Å²) in [6.07, 6.45) is 4.20. The molecular weight excluding hydrogens is 284 g/mol. The van der Waals surface area contributed by atoms with Crippen molar-refractivity contribution >= 4 is 27.3 Å². The number of sulfonamides is 1. The number of benzene rings is 1. The summed E-state index contributed by atoms with van der Waals surface area (Å²) in [5.74, 6) is 0.349. The number of hydrogen-bond donors (Lipinski definition) is 1. The van der Waals surface area contributed by atoms with Crippen LogP contribution < -0.4 is 4.83 Å². The molecule has 4 nitrogen and oxygen atoms in total. The first-order valence-electron chi connectivity index (χ1n) is 6.33. The van der Waals surface area contributed by atoms with Gasteiger partial charge in [0.2, 0.25) is 0 Å². The Morgan fingerprint density at radius 3 is 2.58 bits per heavy atom. The zero-order valence-electron chi connectivity index (χ0n) is 10.8. The van der Waals surface area contributed by atoms with Crippen molar-refractivity contribution in [3.63, 3.8) is 0 Å². The van der Waals surface area contributed by atoms with Crippen molar-refractivity contribution in [2.45, 2.75) is 37.5 Å². The quantitative estimate of drug-likeness (QED) is 0.872. The molecule has 0 bridgehead atoms. The van der Waals surface area contributed by atoms with Crippen molar-refractivity contribution in [3.05, 3.63) is 29.3 Å². The molecule has 1 aromatic carbocycles. The highest BCUT2D eigenvalue weighted by molar-refractivity contribution is 7.89. The van der Waals surface area contributed by atoms with Crippen LogP contribution in [0.4, 0.5) is 0 Å². The predicted octanol–water partition coefficient (Wildman–Crippen LogP) is 3.18. The smallest absolute Gasteiger partial charge is 0.200 e. The molecule has 1 saturated carbocycles. The fraction of sp³-hybridized carbons (Fsp3) is 0.462. The van der Waals surface area contributed by atoms with Gasteiger partial charge in [-0.25, -0.2) is 4.83 Å². The minimum atomic E-state index is -3.60. The van der Waals surface area contributed by atoms with Gasteiger partial charge < -0.3 is 0 Å². The third-order valence-electron chi connectivity index (χ3n) is 3.32. The lowest BCUT2D eigenvalue weighted by Gasteiger charge is -2.19. The zero-order valence-corrected chi connectivity index (χ0v) is 12.3. The standard InChI is InChI=1S/C13H17ClN2O2S/c1-10-4-2-3-5-13(10)15-16-19(17,18)12-8-6-11(14)7-9-12/h6-10,16H,2-5H2,1H3/b15-13+.